The highest BCUT2D eigenvalue weighted by Gasteiger charge is 2.21. The number of aryl methyl sites for hydroxylation is 2. The Labute approximate surface area is 150 Å². The van der Waals surface area contributed by atoms with Crippen molar-refractivity contribution in [3.63, 3.8) is 0 Å². The number of carbonyl (C=O) groups excluding carboxylic acids is 2. The molecule has 5 nitrogen and oxygen atoms in total. The number of hydrogen-bond donors (Lipinski definition) is 1. The maximum atomic E-state index is 14.9. The molecular formula is C20H20FN3O2. The lowest BCUT2D eigenvalue weighted by atomic mass is 9.99. The van der Waals surface area contributed by atoms with Gasteiger partial charge in [0, 0.05) is 30.8 Å². The Morgan fingerprint density at radius 2 is 1.96 bits per heavy atom. The molecule has 0 aliphatic rings. The summed E-state index contributed by atoms with van der Waals surface area (Å²) in [6, 6.07) is 6.64. The minimum atomic E-state index is -0.534. The number of pyridine rings is 1. The number of hydrogen-bond acceptors (Lipinski definition) is 3. The number of rotatable bonds is 4. The zero-order valence-corrected chi connectivity index (χ0v) is 15.2. The molecular weight excluding hydrogens is 333 g/mol. The van der Waals surface area contributed by atoms with Crippen molar-refractivity contribution in [2.24, 2.45) is 0 Å². The van der Waals surface area contributed by atoms with Crippen molar-refractivity contribution in [2.45, 2.75) is 27.2 Å². The third kappa shape index (κ3) is 3.10. The number of carbonyl (C=O) groups is 2. The Hall–Kier alpha value is -3.02. The largest absolute Gasteiger partial charge is 0.355 e. The summed E-state index contributed by atoms with van der Waals surface area (Å²) in [5.74, 6) is -0.921. The van der Waals surface area contributed by atoms with Gasteiger partial charge < -0.3 is 9.72 Å². The summed E-state index contributed by atoms with van der Waals surface area (Å²) >= 11 is 0. The first-order chi connectivity index (χ1) is 12.3. The molecule has 1 N–H and O–H groups in total. The number of aromatic nitrogens is 2. The van der Waals surface area contributed by atoms with Crippen LogP contribution in [0.4, 0.5) is 4.39 Å². The van der Waals surface area contributed by atoms with Gasteiger partial charge in [0.15, 0.2) is 0 Å². The Morgan fingerprint density at radius 3 is 2.58 bits per heavy atom. The van der Waals surface area contributed by atoms with E-state index in [1.165, 1.54) is 20.0 Å². The zero-order valence-electron chi connectivity index (χ0n) is 15.2. The minimum absolute atomic E-state index is 0.0336. The highest BCUT2D eigenvalue weighted by atomic mass is 19.1. The molecule has 3 rings (SSSR count). The van der Waals surface area contributed by atoms with Gasteiger partial charge >= 0.3 is 0 Å². The van der Waals surface area contributed by atoms with Crippen LogP contribution < -0.4 is 5.32 Å². The fourth-order valence-electron chi connectivity index (χ4n) is 3.12. The molecule has 2 heterocycles. The van der Waals surface area contributed by atoms with Gasteiger partial charge in [0.25, 0.3) is 5.91 Å². The number of Topliss-reactive ketones (excluding diaryl/α,β-unsaturated/α-hetero) is 1. The Kier molecular flexibility index (Phi) is 4.59. The second kappa shape index (κ2) is 6.71. The van der Waals surface area contributed by atoms with Crippen LogP contribution in [0.3, 0.4) is 0 Å². The maximum Gasteiger partial charge on any atom is 0.251 e. The van der Waals surface area contributed by atoms with Crippen LogP contribution in [0, 0.1) is 19.7 Å². The molecule has 0 aliphatic heterocycles. The summed E-state index contributed by atoms with van der Waals surface area (Å²) in [5.41, 5.74) is 3.91. The maximum absolute atomic E-state index is 14.9. The number of nitrogens with zero attached hydrogens (tertiary/aromatic N) is 2. The molecule has 26 heavy (non-hydrogen) atoms. The minimum Gasteiger partial charge on any atom is -0.355 e. The second-order valence-electron chi connectivity index (χ2n) is 6.45. The van der Waals surface area contributed by atoms with Gasteiger partial charge in [-0.2, -0.15) is 0 Å². The Bertz CT molecular complexity index is 1010. The molecule has 3 aromatic rings. The first kappa shape index (κ1) is 17.8. The first-order valence-electron chi connectivity index (χ1n) is 8.31. The summed E-state index contributed by atoms with van der Waals surface area (Å²) in [7, 11) is 1.50. The monoisotopic (exact) mass is 353 g/mol. The fourth-order valence-corrected chi connectivity index (χ4v) is 3.12. The van der Waals surface area contributed by atoms with Gasteiger partial charge in [-0.3, -0.25) is 9.59 Å². The molecule has 0 saturated heterocycles. The van der Waals surface area contributed by atoms with Gasteiger partial charge in [-0.1, -0.05) is 0 Å². The predicted octanol–water partition coefficient (Wildman–Crippen LogP) is 3.25. The lowest BCUT2D eigenvalue weighted by molar-refractivity contribution is -0.116. The Morgan fingerprint density at radius 1 is 1.23 bits per heavy atom. The van der Waals surface area contributed by atoms with E-state index in [4.69, 9.17) is 0 Å². The molecule has 0 unspecified atom stereocenters. The number of nitrogens with one attached hydrogen (secondary N) is 1. The van der Waals surface area contributed by atoms with Crippen molar-refractivity contribution in [3.05, 3.63) is 58.7 Å². The van der Waals surface area contributed by atoms with Crippen molar-refractivity contribution >= 4 is 17.3 Å². The van der Waals surface area contributed by atoms with Crippen LogP contribution >= 0.6 is 0 Å². The molecule has 0 fully saturated rings. The molecule has 0 bridgehead atoms. The molecule has 6 heteroatoms. The molecule has 134 valence electrons. The molecule has 2 aromatic heterocycles. The van der Waals surface area contributed by atoms with Gasteiger partial charge in [-0.05, 0) is 56.2 Å². The summed E-state index contributed by atoms with van der Waals surface area (Å²) in [4.78, 5) is 28.2. The van der Waals surface area contributed by atoms with Gasteiger partial charge in [0.05, 0.1) is 11.4 Å². The van der Waals surface area contributed by atoms with E-state index in [0.29, 0.717) is 28.2 Å². The quantitative estimate of drug-likeness (QED) is 0.783. The molecule has 0 aliphatic carbocycles. The molecule has 0 spiro atoms. The van der Waals surface area contributed by atoms with E-state index in [9.17, 15) is 14.0 Å². The summed E-state index contributed by atoms with van der Waals surface area (Å²) in [6.45, 7) is 5.18. The van der Waals surface area contributed by atoms with Crippen molar-refractivity contribution in [1.82, 2.24) is 14.7 Å². The van der Waals surface area contributed by atoms with Crippen LogP contribution in [0.25, 0.3) is 16.9 Å². The SMILES string of the molecule is CNC(=O)c1cc(C)c(-c2nc3cc(C)ccn3c2CC(C)=O)c(F)c1. The third-order valence-corrected chi connectivity index (χ3v) is 4.31. The predicted molar refractivity (Wildman–Crippen MR) is 97.8 cm³/mol. The van der Waals surface area contributed by atoms with Crippen LogP contribution in [0.15, 0.2) is 30.5 Å². The van der Waals surface area contributed by atoms with Crippen LogP contribution in [-0.4, -0.2) is 28.1 Å². The normalized spacial score (nSPS) is 11.0. The third-order valence-electron chi connectivity index (χ3n) is 4.31. The number of halogens is 1. The number of ketones is 1. The lowest BCUT2D eigenvalue weighted by Crippen LogP contribution is -2.18. The lowest BCUT2D eigenvalue weighted by Gasteiger charge is -2.10. The highest BCUT2D eigenvalue weighted by Crippen LogP contribution is 2.31. The average Bonchev–Trinajstić information content (AvgIpc) is 2.90. The van der Waals surface area contributed by atoms with E-state index in [1.807, 2.05) is 29.7 Å². The van der Waals surface area contributed by atoms with Gasteiger partial charge in [0.1, 0.15) is 17.2 Å². The van der Waals surface area contributed by atoms with E-state index < -0.39 is 5.82 Å². The van der Waals surface area contributed by atoms with Crippen LogP contribution in [-0.2, 0) is 11.2 Å². The van der Waals surface area contributed by atoms with Crippen molar-refractivity contribution in [2.75, 3.05) is 7.05 Å². The standard InChI is InChI=1S/C20H20FN3O2/c1-11-5-6-24-16(9-13(3)25)19(23-17(24)7-11)18-12(2)8-14(10-15(18)21)20(26)22-4/h5-8,10H,9H2,1-4H3,(H,22,26). The van der Waals surface area contributed by atoms with Gasteiger partial charge in [-0.15, -0.1) is 0 Å². The Balaban J connectivity index is 2.28. The van der Waals surface area contributed by atoms with Crippen LogP contribution in [0.1, 0.15) is 34.1 Å². The molecule has 1 amide bonds. The highest BCUT2D eigenvalue weighted by molar-refractivity contribution is 5.95. The summed E-state index contributed by atoms with van der Waals surface area (Å²) in [6.07, 6.45) is 1.99. The van der Waals surface area contributed by atoms with E-state index in [1.54, 1.807) is 13.0 Å². The molecule has 0 saturated carbocycles. The van der Waals surface area contributed by atoms with Gasteiger partial charge in [0.2, 0.25) is 0 Å². The van der Waals surface area contributed by atoms with Crippen molar-refractivity contribution in [3.8, 4) is 11.3 Å². The number of fused-ring (bicyclic) bond motifs is 1. The van der Waals surface area contributed by atoms with E-state index in [-0.39, 0.29) is 23.7 Å². The number of benzene rings is 1. The molecule has 0 atom stereocenters. The fraction of sp³-hybridized carbons (Fsp3) is 0.250. The van der Waals surface area contributed by atoms with Gasteiger partial charge in [-0.25, -0.2) is 9.37 Å². The number of amides is 1. The number of imidazole rings is 1. The summed E-state index contributed by atoms with van der Waals surface area (Å²) in [5, 5.41) is 2.49. The first-order valence-corrected chi connectivity index (χ1v) is 8.31. The smallest absolute Gasteiger partial charge is 0.251 e. The van der Waals surface area contributed by atoms with E-state index in [2.05, 4.69) is 10.3 Å². The van der Waals surface area contributed by atoms with E-state index in [0.717, 1.165) is 5.56 Å². The van der Waals surface area contributed by atoms with Crippen molar-refractivity contribution < 1.29 is 14.0 Å². The summed E-state index contributed by atoms with van der Waals surface area (Å²) < 4.78 is 16.7. The van der Waals surface area contributed by atoms with Crippen LogP contribution in [0.2, 0.25) is 0 Å². The van der Waals surface area contributed by atoms with Crippen LogP contribution in [0.5, 0.6) is 0 Å². The average molecular weight is 353 g/mol. The van der Waals surface area contributed by atoms with E-state index >= 15 is 0 Å². The molecule has 0 radical (unpaired) electrons. The molecule has 1 aromatic carbocycles. The second-order valence-corrected chi connectivity index (χ2v) is 6.45. The zero-order chi connectivity index (χ0) is 19.0. The van der Waals surface area contributed by atoms with Crippen molar-refractivity contribution in [1.29, 1.82) is 0 Å². The topological polar surface area (TPSA) is 63.5 Å².